The lowest BCUT2D eigenvalue weighted by molar-refractivity contribution is -0.132. The first kappa shape index (κ1) is 13.8. The monoisotopic (exact) mass is 287 g/mol. The van der Waals surface area contributed by atoms with Gasteiger partial charge in [-0.2, -0.15) is 0 Å². The largest absolute Gasteiger partial charge is 0.340 e. The predicted molar refractivity (Wildman–Crippen MR) is 74.9 cm³/mol. The molecule has 1 fully saturated rings. The van der Waals surface area contributed by atoms with E-state index in [-0.39, 0.29) is 5.91 Å². The quantitative estimate of drug-likeness (QED) is 0.911. The molecule has 0 unspecified atom stereocenters. The first-order valence-corrected chi connectivity index (χ1v) is 7.33. The van der Waals surface area contributed by atoms with Crippen LogP contribution in [0.5, 0.6) is 0 Å². The Kier molecular flexibility index (Phi) is 5.00. The highest BCUT2D eigenvalue weighted by atomic mass is 35.5. The Bertz CT molecular complexity index is 402. The Morgan fingerprint density at radius 3 is 2.61 bits per heavy atom. The molecule has 18 heavy (non-hydrogen) atoms. The molecule has 0 aromatic carbocycles. The average Bonchev–Trinajstić information content (AvgIpc) is 2.76. The number of halogens is 1. The van der Waals surface area contributed by atoms with Crippen LogP contribution in [0.25, 0.3) is 0 Å². The van der Waals surface area contributed by atoms with Crippen LogP contribution in [-0.4, -0.2) is 48.4 Å². The van der Waals surface area contributed by atoms with Gasteiger partial charge in [0.2, 0.25) is 5.91 Å². The highest BCUT2D eigenvalue weighted by molar-refractivity contribution is 7.16. The van der Waals surface area contributed by atoms with E-state index in [1.165, 1.54) is 4.88 Å². The number of hydrogen-bond donors (Lipinski definition) is 1. The minimum atomic E-state index is 0.177. The number of nitrogens with two attached hydrogens (primary N) is 1. The van der Waals surface area contributed by atoms with Crippen LogP contribution in [0.2, 0.25) is 4.34 Å². The number of nitrogens with zero attached hydrogens (tertiary/aromatic N) is 2. The second-order valence-electron chi connectivity index (χ2n) is 4.40. The summed E-state index contributed by atoms with van der Waals surface area (Å²) in [6.45, 7) is 4.82. The maximum absolute atomic E-state index is 11.7. The van der Waals surface area contributed by atoms with E-state index in [0.717, 1.165) is 37.1 Å². The zero-order valence-electron chi connectivity index (χ0n) is 10.3. The summed E-state index contributed by atoms with van der Waals surface area (Å²) in [5.41, 5.74) is 5.40. The van der Waals surface area contributed by atoms with Crippen LogP contribution in [0.1, 0.15) is 11.3 Å². The van der Waals surface area contributed by atoms with Gasteiger partial charge in [0.15, 0.2) is 0 Å². The van der Waals surface area contributed by atoms with Crippen molar-refractivity contribution in [2.75, 3.05) is 32.7 Å². The molecule has 0 aliphatic carbocycles. The van der Waals surface area contributed by atoms with Crippen molar-refractivity contribution in [3.8, 4) is 0 Å². The molecule has 1 amide bonds. The molecule has 0 radical (unpaired) electrons. The second-order valence-corrected chi connectivity index (χ2v) is 6.20. The molecule has 1 saturated heterocycles. The summed E-state index contributed by atoms with van der Waals surface area (Å²) < 4.78 is 0.835. The van der Waals surface area contributed by atoms with E-state index >= 15 is 0 Å². The zero-order chi connectivity index (χ0) is 13.0. The third-order valence-corrected chi connectivity index (χ3v) is 4.31. The van der Waals surface area contributed by atoms with Crippen LogP contribution in [0, 0.1) is 0 Å². The molecule has 1 aliphatic rings. The van der Waals surface area contributed by atoms with Crippen molar-refractivity contribution >= 4 is 28.8 Å². The van der Waals surface area contributed by atoms with Gasteiger partial charge in [0.25, 0.3) is 0 Å². The van der Waals surface area contributed by atoms with Crippen LogP contribution in [0.15, 0.2) is 12.1 Å². The first-order chi connectivity index (χ1) is 8.69. The Labute approximate surface area is 116 Å². The summed E-state index contributed by atoms with van der Waals surface area (Å²) in [4.78, 5) is 17.2. The van der Waals surface area contributed by atoms with E-state index in [2.05, 4.69) is 11.0 Å². The van der Waals surface area contributed by atoms with E-state index in [0.29, 0.717) is 13.0 Å². The minimum absolute atomic E-state index is 0.177. The summed E-state index contributed by atoms with van der Waals surface area (Å²) in [5, 5.41) is 0. The van der Waals surface area contributed by atoms with Crippen LogP contribution in [0.4, 0.5) is 0 Å². The highest BCUT2D eigenvalue weighted by Crippen LogP contribution is 2.23. The number of thiophene rings is 1. The van der Waals surface area contributed by atoms with Crippen molar-refractivity contribution in [1.82, 2.24) is 9.80 Å². The average molecular weight is 288 g/mol. The van der Waals surface area contributed by atoms with Crippen molar-refractivity contribution in [3.05, 3.63) is 21.3 Å². The number of carbonyl (C=O) groups excluding carboxylic acids is 1. The summed E-state index contributed by atoms with van der Waals surface area (Å²) in [7, 11) is 0. The van der Waals surface area contributed by atoms with Crippen LogP contribution < -0.4 is 5.73 Å². The number of piperazine rings is 1. The number of hydrogen-bond acceptors (Lipinski definition) is 4. The van der Waals surface area contributed by atoms with E-state index in [4.69, 9.17) is 17.3 Å². The van der Waals surface area contributed by atoms with Crippen LogP contribution in [-0.2, 0) is 11.3 Å². The summed E-state index contributed by atoms with van der Waals surface area (Å²) in [5.74, 6) is 0.177. The van der Waals surface area contributed by atoms with Gasteiger partial charge in [0, 0.05) is 50.6 Å². The highest BCUT2D eigenvalue weighted by Gasteiger charge is 2.20. The Morgan fingerprint density at radius 1 is 1.33 bits per heavy atom. The smallest absolute Gasteiger partial charge is 0.223 e. The molecular formula is C12H18ClN3OS. The Hall–Kier alpha value is -0.620. The predicted octanol–water partition coefficient (Wildman–Crippen LogP) is 1.39. The van der Waals surface area contributed by atoms with Gasteiger partial charge in [0.1, 0.15) is 0 Å². The third-order valence-electron chi connectivity index (χ3n) is 3.09. The van der Waals surface area contributed by atoms with Gasteiger partial charge in [-0.25, -0.2) is 0 Å². The van der Waals surface area contributed by atoms with Gasteiger partial charge < -0.3 is 10.6 Å². The fourth-order valence-electron chi connectivity index (χ4n) is 2.09. The van der Waals surface area contributed by atoms with Gasteiger partial charge in [-0.1, -0.05) is 11.6 Å². The number of rotatable bonds is 4. The lowest BCUT2D eigenvalue weighted by atomic mass is 10.2. The molecule has 1 aromatic heterocycles. The standard InChI is InChI=1S/C12H18ClN3OS/c13-11-2-1-10(18-11)9-15-5-7-16(8-6-15)12(17)3-4-14/h1-2H,3-9,14H2. The molecule has 4 nitrogen and oxygen atoms in total. The van der Waals surface area contributed by atoms with E-state index < -0.39 is 0 Å². The zero-order valence-corrected chi connectivity index (χ0v) is 11.8. The lowest BCUT2D eigenvalue weighted by Gasteiger charge is -2.34. The third kappa shape index (κ3) is 3.68. The van der Waals surface area contributed by atoms with E-state index in [1.54, 1.807) is 11.3 Å². The normalized spacial score (nSPS) is 17.1. The van der Waals surface area contributed by atoms with Gasteiger partial charge in [-0.15, -0.1) is 11.3 Å². The van der Waals surface area contributed by atoms with Gasteiger partial charge >= 0.3 is 0 Å². The number of carbonyl (C=O) groups is 1. The maximum Gasteiger partial charge on any atom is 0.223 e. The van der Waals surface area contributed by atoms with E-state index in [1.807, 2.05) is 11.0 Å². The molecule has 0 atom stereocenters. The van der Waals surface area contributed by atoms with Crippen molar-refractivity contribution in [3.63, 3.8) is 0 Å². The topological polar surface area (TPSA) is 49.6 Å². The molecule has 0 bridgehead atoms. The van der Waals surface area contributed by atoms with Crippen molar-refractivity contribution in [1.29, 1.82) is 0 Å². The molecule has 2 rings (SSSR count). The SMILES string of the molecule is NCCC(=O)N1CCN(Cc2ccc(Cl)s2)CC1. The molecule has 6 heteroatoms. The van der Waals surface area contributed by atoms with Crippen LogP contribution >= 0.6 is 22.9 Å². The second kappa shape index (κ2) is 6.52. The minimum Gasteiger partial charge on any atom is -0.340 e. The molecule has 0 spiro atoms. The molecule has 1 aromatic rings. The summed E-state index contributed by atoms with van der Waals surface area (Å²) in [6, 6.07) is 4.00. The molecule has 2 N–H and O–H groups in total. The Morgan fingerprint density at radius 2 is 2.06 bits per heavy atom. The molecule has 2 heterocycles. The fourth-order valence-corrected chi connectivity index (χ4v) is 3.22. The van der Waals surface area contributed by atoms with Gasteiger partial charge in [0.05, 0.1) is 4.34 Å². The van der Waals surface area contributed by atoms with Crippen molar-refractivity contribution in [2.24, 2.45) is 5.73 Å². The van der Waals surface area contributed by atoms with E-state index in [9.17, 15) is 4.79 Å². The van der Waals surface area contributed by atoms with Crippen molar-refractivity contribution in [2.45, 2.75) is 13.0 Å². The number of amides is 1. The maximum atomic E-state index is 11.7. The Balaban J connectivity index is 1.78. The molecule has 1 aliphatic heterocycles. The van der Waals surface area contributed by atoms with Crippen LogP contribution in [0.3, 0.4) is 0 Å². The molecular weight excluding hydrogens is 270 g/mol. The fraction of sp³-hybridized carbons (Fsp3) is 0.583. The molecule has 0 saturated carbocycles. The summed E-state index contributed by atoms with van der Waals surface area (Å²) >= 11 is 7.54. The lowest BCUT2D eigenvalue weighted by Crippen LogP contribution is -2.48. The molecule has 100 valence electrons. The van der Waals surface area contributed by atoms with Gasteiger partial charge in [-0.3, -0.25) is 9.69 Å². The summed E-state index contributed by atoms with van der Waals surface area (Å²) in [6.07, 6.45) is 0.459. The van der Waals surface area contributed by atoms with Crippen molar-refractivity contribution < 1.29 is 4.79 Å². The first-order valence-electron chi connectivity index (χ1n) is 6.13. The van der Waals surface area contributed by atoms with Gasteiger partial charge in [-0.05, 0) is 12.1 Å².